The molecule has 0 saturated carbocycles. The lowest BCUT2D eigenvalue weighted by molar-refractivity contribution is 0.150. The molecule has 1 unspecified atom stereocenters. The molecule has 2 aromatic rings. The van der Waals surface area contributed by atoms with Crippen molar-refractivity contribution >= 4 is 11.1 Å². The fourth-order valence-corrected chi connectivity index (χ4v) is 2.82. The minimum Gasteiger partial charge on any atom is -0.384 e. The van der Waals surface area contributed by atoms with Gasteiger partial charge in [0.05, 0.1) is 0 Å². The predicted octanol–water partition coefficient (Wildman–Crippen LogP) is 5.85. The first-order chi connectivity index (χ1) is 11.2. The van der Waals surface area contributed by atoms with Crippen LogP contribution in [0.2, 0.25) is 0 Å². The largest absolute Gasteiger partial charge is 0.384 e. The summed E-state index contributed by atoms with van der Waals surface area (Å²) in [6.07, 6.45) is 3.01. The second kappa shape index (κ2) is 9.12. The third kappa shape index (κ3) is 5.54. The molecule has 0 radical (unpaired) electrons. The number of hydrogen-bond donors (Lipinski definition) is 0. The van der Waals surface area contributed by atoms with Crippen LogP contribution in [0.3, 0.4) is 0 Å². The maximum absolute atomic E-state index is 5.41. The number of rotatable bonds is 9. The lowest BCUT2D eigenvalue weighted by atomic mass is 9.90. The van der Waals surface area contributed by atoms with Crippen molar-refractivity contribution in [2.24, 2.45) is 5.92 Å². The molecule has 0 saturated heterocycles. The van der Waals surface area contributed by atoms with Crippen molar-refractivity contribution in [2.75, 3.05) is 13.7 Å². The van der Waals surface area contributed by atoms with Gasteiger partial charge in [-0.25, -0.2) is 0 Å². The first-order valence-corrected chi connectivity index (χ1v) is 8.16. The molecule has 1 atom stereocenters. The number of allylic oxidation sites excluding steroid dienone is 2. The highest BCUT2D eigenvalue weighted by molar-refractivity contribution is 5.64. The summed E-state index contributed by atoms with van der Waals surface area (Å²) in [5.41, 5.74) is 4.82. The van der Waals surface area contributed by atoms with Crippen LogP contribution in [0.1, 0.15) is 30.4 Å². The molecule has 120 valence electrons. The summed E-state index contributed by atoms with van der Waals surface area (Å²) < 4.78 is 5.41. The highest BCUT2D eigenvalue weighted by atomic mass is 16.5. The Bertz CT molecular complexity index is 613. The predicted molar refractivity (Wildman–Crippen MR) is 100 cm³/mol. The van der Waals surface area contributed by atoms with E-state index < -0.39 is 0 Å². The average molecular weight is 306 g/mol. The Hall–Kier alpha value is -2.12. The third-order valence-corrected chi connectivity index (χ3v) is 4.16. The number of benzene rings is 2. The zero-order valence-electron chi connectivity index (χ0n) is 14.0. The Morgan fingerprint density at radius 3 is 1.91 bits per heavy atom. The first-order valence-electron chi connectivity index (χ1n) is 8.16. The molecule has 2 rings (SSSR count). The van der Waals surface area contributed by atoms with Gasteiger partial charge in [-0.15, -0.1) is 0 Å². The molecule has 0 N–H and O–H groups in total. The van der Waals surface area contributed by atoms with Gasteiger partial charge in [0.25, 0.3) is 0 Å². The van der Waals surface area contributed by atoms with E-state index in [0.29, 0.717) is 5.92 Å². The van der Waals surface area contributed by atoms with Gasteiger partial charge in [0.1, 0.15) is 0 Å². The third-order valence-electron chi connectivity index (χ3n) is 4.16. The highest BCUT2D eigenvalue weighted by Gasteiger charge is 2.12. The van der Waals surface area contributed by atoms with Gasteiger partial charge in [0.15, 0.2) is 0 Å². The van der Waals surface area contributed by atoms with Gasteiger partial charge in [-0.05, 0) is 47.5 Å². The molecular formula is C22H26O. The smallest absolute Gasteiger partial charge is 0.0493 e. The van der Waals surface area contributed by atoms with Crippen LogP contribution in [0.4, 0.5) is 0 Å². The topological polar surface area (TPSA) is 9.23 Å². The lowest BCUT2D eigenvalue weighted by Gasteiger charge is -2.18. The van der Waals surface area contributed by atoms with E-state index in [0.717, 1.165) is 25.9 Å². The maximum atomic E-state index is 5.41. The van der Waals surface area contributed by atoms with Crippen molar-refractivity contribution in [3.63, 3.8) is 0 Å². The van der Waals surface area contributed by atoms with Crippen LogP contribution in [0.15, 0.2) is 73.8 Å². The Morgan fingerprint density at radius 2 is 1.39 bits per heavy atom. The van der Waals surface area contributed by atoms with E-state index in [2.05, 4.69) is 61.7 Å². The molecule has 0 amide bonds. The standard InChI is InChI=1S/C22H26O/c1-18(21-10-6-4-7-11-21)14-15-20(17-23-3)16-19(2)22-12-8-5-9-13-22/h4-13,20H,1-2,14-17H2,3H3. The van der Waals surface area contributed by atoms with Gasteiger partial charge >= 0.3 is 0 Å². The fourth-order valence-electron chi connectivity index (χ4n) is 2.82. The minimum atomic E-state index is 0.466. The van der Waals surface area contributed by atoms with Crippen molar-refractivity contribution < 1.29 is 4.74 Å². The van der Waals surface area contributed by atoms with Crippen LogP contribution in [-0.2, 0) is 4.74 Å². The summed E-state index contributed by atoms with van der Waals surface area (Å²) >= 11 is 0. The summed E-state index contributed by atoms with van der Waals surface area (Å²) in [4.78, 5) is 0. The minimum absolute atomic E-state index is 0.466. The molecule has 23 heavy (non-hydrogen) atoms. The lowest BCUT2D eigenvalue weighted by Crippen LogP contribution is -2.09. The highest BCUT2D eigenvalue weighted by Crippen LogP contribution is 2.27. The summed E-state index contributed by atoms with van der Waals surface area (Å²) in [5.74, 6) is 0.466. The molecule has 1 nitrogen and oxygen atoms in total. The van der Waals surface area contributed by atoms with Crippen molar-refractivity contribution in [1.82, 2.24) is 0 Å². The average Bonchev–Trinajstić information content (AvgIpc) is 2.61. The van der Waals surface area contributed by atoms with E-state index in [1.807, 2.05) is 12.1 Å². The number of hydrogen-bond acceptors (Lipinski definition) is 1. The van der Waals surface area contributed by atoms with E-state index >= 15 is 0 Å². The van der Waals surface area contributed by atoms with Gasteiger partial charge in [0.2, 0.25) is 0 Å². The molecule has 0 aliphatic carbocycles. The zero-order chi connectivity index (χ0) is 16.5. The summed E-state index contributed by atoms with van der Waals surface area (Å²) in [7, 11) is 1.77. The fraction of sp³-hybridized carbons (Fsp3) is 0.273. The molecule has 0 aliphatic heterocycles. The van der Waals surface area contributed by atoms with E-state index in [9.17, 15) is 0 Å². The van der Waals surface area contributed by atoms with Crippen molar-refractivity contribution in [3.05, 3.63) is 84.9 Å². The first kappa shape index (κ1) is 17.2. The van der Waals surface area contributed by atoms with Crippen LogP contribution in [0, 0.1) is 5.92 Å². The van der Waals surface area contributed by atoms with E-state index in [4.69, 9.17) is 4.74 Å². The Kier molecular flexibility index (Phi) is 6.83. The molecule has 2 aromatic carbocycles. The van der Waals surface area contributed by atoms with Gasteiger partial charge in [-0.2, -0.15) is 0 Å². The summed E-state index contributed by atoms with van der Waals surface area (Å²) in [6, 6.07) is 20.8. The van der Waals surface area contributed by atoms with E-state index in [1.165, 1.54) is 22.3 Å². The molecule has 0 heterocycles. The SMILES string of the molecule is C=C(CCC(COC)CC(=C)c1ccccc1)c1ccccc1. The van der Waals surface area contributed by atoms with Gasteiger partial charge in [-0.1, -0.05) is 73.8 Å². The van der Waals surface area contributed by atoms with Crippen LogP contribution in [0.5, 0.6) is 0 Å². The Balaban J connectivity index is 1.91. The van der Waals surface area contributed by atoms with E-state index in [1.54, 1.807) is 7.11 Å². The second-order valence-corrected chi connectivity index (χ2v) is 6.00. The van der Waals surface area contributed by atoms with Crippen LogP contribution >= 0.6 is 0 Å². The molecule has 0 aliphatic rings. The second-order valence-electron chi connectivity index (χ2n) is 6.00. The molecular weight excluding hydrogens is 280 g/mol. The maximum Gasteiger partial charge on any atom is 0.0493 e. The van der Waals surface area contributed by atoms with Crippen molar-refractivity contribution in [3.8, 4) is 0 Å². The van der Waals surface area contributed by atoms with E-state index in [-0.39, 0.29) is 0 Å². The molecule has 0 spiro atoms. The van der Waals surface area contributed by atoms with Crippen molar-refractivity contribution in [2.45, 2.75) is 19.3 Å². The summed E-state index contributed by atoms with van der Waals surface area (Å²) in [5, 5.41) is 0. The van der Waals surface area contributed by atoms with Gasteiger partial charge in [0, 0.05) is 13.7 Å². The molecule has 0 bridgehead atoms. The zero-order valence-corrected chi connectivity index (χ0v) is 14.0. The molecule has 0 aromatic heterocycles. The summed E-state index contributed by atoms with van der Waals surface area (Å²) in [6.45, 7) is 9.24. The Morgan fingerprint density at radius 1 is 0.870 bits per heavy atom. The van der Waals surface area contributed by atoms with Crippen LogP contribution in [0.25, 0.3) is 11.1 Å². The van der Waals surface area contributed by atoms with Crippen molar-refractivity contribution in [1.29, 1.82) is 0 Å². The molecule has 0 fully saturated rings. The number of ether oxygens (including phenoxy) is 1. The van der Waals surface area contributed by atoms with Gasteiger partial charge < -0.3 is 4.74 Å². The molecule has 1 heteroatoms. The Labute approximate surface area is 140 Å². The van der Waals surface area contributed by atoms with Gasteiger partial charge in [-0.3, -0.25) is 0 Å². The normalized spacial score (nSPS) is 11.9. The quantitative estimate of drug-likeness (QED) is 0.565. The monoisotopic (exact) mass is 306 g/mol. The van der Waals surface area contributed by atoms with Crippen LogP contribution in [-0.4, -0.2) is 13.7 Å². The number of methoxy groups -OCH3 is 1. The van der Waals surface area contributed by atoms with Crippen LogP contribution < -0.4 is 0 Å².